The molecule has 0 spiro atoms. The Morgan fingerprint density at radius 1 is 1.53 bits per heavy atom. The van der Waals surface area contributed by atoms with Crippen molar-refractivity contribution < 1.29 is 14.4 Å². The number of benzene rings is 1. The van der Waals surface area contributed by atoms with Crippen LogP contribution in [0.1, 0.15) is 19.4 Å². The molecule has 82 valence electrons. The highest BCUT2D eigenvalue weighted by Crippen LogP contribution is 2.27. The number of halogens is 1. The van der Waals surface area contributed by atoms with E-state index in [1.165, 1.54) is 6.07 Å². The van der Waals surface area contributed by atoms with Crippen molar-refractivity contribution >= 4 is 5.69 Å². The molecule has 0 bridgehead atoms. The van der Waals surface area contributed by atoms with E-state index in [-0.39, 0.29) is 6.61 Å². The molecule has 0 atom stereocenters. The molecule has 0 aliphatic carbocycles. The van der Waals surface area contributed by atoms with Crippen molar-refractivity contribution in [3.8, 4) is 0 Å². The number of aliphatic hydroxyl groups is 1. The van der Waals surface area contributed by atoms with Gasteiger partial charge in [0.15, 0.2) is 0 Å². The number of nitro groups is 1. The minimum atomic E-state index is -0.863. The molecule has 4 nitrogen and oxygen atoms in total. The summed E-state index contributed by atoms with van der Waals surface area (Å²) in [5.74, 6) is -0.863. The lowest BCUT2D eigenvalue weighted by molar-refractivity contribution is -0.387. The van der Waals surface area contributed by atoms with E-state index in [9.17, 15) is 14.5 Å². The molecule has 0 saturated carbocycles. The fourth-order valence-corrected chi connectivity index (χ4v) is 1.16. The summed E-state index contributed by atoms with van der Waals surface area (Å²) in [5.41, 5.74) is -0.634. The zero-order valence-corrected chi connectivity index (χ0v) is 8.53. The lowest BCUT2D eigenvalue weighted by atomic mass is 9.85. The van der Waals surface area contributed by atoms with Crippen LogP contribution >= 0.6 is 0 Å². The van der Waals surface area contributed by atoms with Crippen molar-refractivity contribution in [3.05, 3.63) is 39.7 Å². The van der Waals surface area contributed by atoms with Crippen LogP contribution < -0.4 is 0 Å². The van der Waals surface area contributed by atoms with Gasteiger partial charge in [-0.3, -0.25) is 10.1 Å². The summed E-state index contributed by atoms with van der Waals surface area (Å²) >= 11 is 0. The van der Waals surface area contributed by atoms with Gasteiger partial charge in [0, 0.05) is 11.5 Å². The topological polar surface area (TPSA) is 63.4 Å². The summed E-state index contributed by atoms with van der Waals surface area (Å²) < 4.78 is 13.0. The van der Waals surface area contributed by atoms with E-state index in [1.54, 1.807) is 13.8 Å². The maximum atomic E-state index is 13.0. The van der Waals surface area contributed by atoms with Crippen LogP contribution in [-0.2, 0) is 5.41 Å². The minimum absolute atomic E-state index is 0.157. The van der Waals surface area contributed by atoms with Crippen molar-refractivity contribution in [1.82, 2.24) is 0 Å². The van der Waals surface area contributed by atoms with Gasteiger partial charge in [0.05, 0.1) is 11.5 Å². The first-order chi connectivity index (χ1) is 6.88. The summed E-state index contributed by atoms with van der Waals surface area (Å²) in [4.78, 5) is 9.72. The van der Waals surface area contributed by atoms with Crippen molar-refractivity contribution in [2.24, 2.45) is 0 Å². The summed E-state index contributed by atoms with van der Waals surface area (Å²) in [6, 6.07) is 3.65. The Labute approximate surface area is 86.5 Å². The maximum Gasteiger partial charge on any atom is 0.305 e. The number of hydrogen-bond donors (Lipinski definition) is 1. The molecule has 0 saturated heterocycles. The normalized spacial score (nSPS) is 11.5. The molecule has 1 N–H and O–H groups in total. The number of aliphatic hydroxyl groups excluding tert-OH is 1. The Balaban J connectivity index is 3.25. The van der Waals surface area contributed by atoms with Crippen molar-refractivity contribution in [1.29, 1.82) is 0 Å². The van der Waals surface area contributed by atoms with Gasteiger partial charge in [0.2, 0.25) is 5.82 Å². The summed E-state index contributed by atoms with van der Waals surface area (Å²) in [7, 11) is 0. The zero-order chi connectivity index (χ0) is 11.6. The maximum absolute atomic E-state index is 13.0. The first-order valence-corrected chi connectivity index (χ1v) is 4.44. The first kappa shape index (κ1) is 11.6. The largest absolute Gasteiger partial charge is 0.395 e. The summed E-state index contributed by atoms with van der Waals surface area (Å²) in [5, 5.41) is 19.6. The summed E-state index contributed by atoms with van der Waals surface area (Å²) in [6.07, 6.45) is 0. The van der Waals surface area contributed by atoms with Crippen molar-refractivity contribution in [2.75, 3.05) is 6.61 Å². The Kier molecular flexibility index (Phi) is 3.04. The molecule has 0 unspecified atom stereocenters. The fraction of sp³-hybridized carbons (Fsp3) is 0.400. The predicted octanol–water partition coefficient (Wildman–Crippen LogP) is 2.00. The van der Waals surface area contributed by atoms with Gasteiger partial charge in [-0.05, 0) is 11.6 Å². The molecule has 0 radical (unpaired) electrons. The predicted molar refractivity (Wildman–Crippen MR) is 53.2 cm³/mol. The second-order valence-corrected chi connectivity index (χ2v) is 3.97. The van der Waals surface area contributed by atoms with Crippen molar-refractivity contribution in [2.45, 2.75) is 19.3 Å². The van der Waals surface area contributed by atoms with Gasteiger partial charge in [0.25, 0.3) is 0 Å². The molecule has 1 aromatic carbocycles. The molecule has 1 rings (SSSR count). The van der Waals surface area contributed by atoms with Crippen LogP contribution in [0.5, 0.6) is 0 Å². The number of nitrogens with zero attached hydrogens (tertiary/aromatic N) is 1. The fourth-order valence-electron chi connectivity index (χ4n) is 1.16. The summed E-state index contributed by atoms with van der Waals surface area (Å²) in [6.45, 7) is 3.30. The van der Waals surface area contributed by atoms with E-state index in [0.29, 0.717) is 5.56 Å². The van der Waals surface area contributed by atoms with Crippen LogP contribution in [0.2, 0.25) is 0 Å². The van der Waals surface area contributed by atoms with Crippen LogP contribution in [-0.4, -0.2) is 16.6 Å². The first-order valence-electron chi connectivity index (χ1n) is 4.44. The molecule has 15 heavy (non-hydrogen) atoms. The second-order valence-electron chi connectivity index (χ2n) is 3.97. The van der Waals surface area contributed by atoms with E-state index in [4.69, 9.17) is 5.11 Å². The Bertz CT molecular complexity index is 390. The number of hydrogen-bond acceptors (Lipinski definition) is 3. The molecule has 0 heterocycles. The monoisotopic (exact) mass is 213 g/mol. The van der Waals surface area contributed by atoms with E-state index >= 15 is 0 Å². The van der Waals surface area contributed by atoms with Gasteiger partial charge in [-0.15, -0.1) is 0 Å². The average Bonchev–Trinajstić information content (AvgIpc) is 2.17. The van der Waals surface area contributed by atoms with E-state index in [0.717, 1.165) is 12.1 Å². The van der Waals surface area contributed by atoms with Gasteiger partial charge >= 0.3 is 5.69 Å². The van der Waals surface area contributed by atoms with Crippen LogP contribution in [0.3, 0.4) is 0 Å². The third-order valence-corrected chi connectivity index (χ3v) is 2.32. The highest BCUT2D eigenvalue weighted by atomic mass is 19.1. The average molecular weight is 213 g/mol. The molecule has 0 aliphatic rings. The Morgan fingerprint density at radius 3 is 2.60 bits per heavy atom. The molecule has 5 heteroatoms. The van der Waals surface area contributed by atoms with Gasteiger partial charge < -0.3 is 5.11 Å². The lowest BCUT2D eigenvalue weighted by Gasteiger charge is -2.21. The van der Waals surface area contributed by atoms with Gasteiger partial charge in [0.1, 0.15) is 0 Å². The number of rotatable bonds is 3. The van der Waals surface area contributed by atoms with E-state index < -0.39 is 21.8 Å². The van der Waals surface area contributed by atoms with Gasteiger partial charge in [-0.25, -0.2) is 0 Å². The Morgan fingerprint density at radius 2 is 2.13 bits per heavy atom. The highest BCUT2D eigenvalue weighted by Gasteiger charge is 2.23. The third kappa shape index (κ3) is 2.30. The molecular formula is C10H12FNO3. The quantitative estimate of drug-likeness (QED) is 0.617. The highest BCUT2D eigenvalue weighted by molar-refractivity contribution is 5.39. The van der Waals surface area contributed by atoms with Crippen LogP contribution in [0, 0.1) is 15.9 Å². The lowest BCUT2D eigenvalue weighted by Crippen LogP contribution is -2.22. The second kappa shape index (κ2) is 3.94. The van der Waals surface area contributed by atoms with Crippen LogP contribution in [0.25, 0.3) is 0 Å². The Hall–Kier alpha value is -1.49. The standard InChI is InChI=1S/C10H12FNO3/c1-10(2,6-13)7-3-4-8(11)9(5-7)12(14)15/h3-5,13H,6H2,1-2H3. The molecule has 0 aromatic heterocycles. The number of nitro benzene ring substituents is 1. The SMILES string of the molecule is CC(C)(CO)c1ccc(F)c([N+](=O)[O-])c1. The molecular weight excluding hydrogens is 201 g/mol. The van der Waals surface area contributed by atoms with Crippen LogP contribution in [0.4, 0.5) is 10.1 Å². The van der Waals surface area contributed by atoms with E-state index in [2.05, 4.69) is 0 Å². The van der Waals surface area contributed by atoms with Crippen LogP contribution in [0.15, 0.2) is 18.2 Å². The van der Waals surface area contributed by atoms with Gasteiger partial charge in [-0.1, -0.05) is 19.9 Å². The molecule has 0 amide bonds. The third-order valence-electron chi connectivity index (χ3n) is 2.32. The van der Waals surface area contributed by atoms with Gasteiger partial charge in [-0.2, -0.15) is 4.39 Å². The zero-order valence-electron chi connectivity index (χ0n) is 8.53. The molecule has 0 fully saturated rings. The minimum Gasteiger partial charge on any atom is -0.395 e. The molecule has 0 aliphatic heterocycles. The smallest absolute Gasteiger partial charge is 0.305 e. The van der Waals surface area contributed by atoms with Crippen molar-refractivity contribution in [3.63, 3.8) is 0 Å². The van der Waals surface area contributed by atoms with E-state index in [1.807, 2.05) is 0 Å². The molecule has 1 aromatic rings.